The summed E-state index contributed by atoms with van der Waals surface area (Å²) in [6.45, 7) is 0. The molecule has 0 bridgehead atoms. The van der Waals surface area contributed by atoms with E-state index in [0.717, 1.165) is 12.1 Å². The number of nitrogens with one attached hydrogen (secondary N) is 2. The normalized spacial score (nSPS) is 10.7. The minimum absolute atomic E-state index is 0.180. The first-order valence-corrected chi connectivity index (χ1v) is 8.33. The van der Waals surface area contributed by atoms with Crippen molar-refractivity contribution in [2.24, 2.45) is 0 Å². The Balaban J connectivity index is 1.55. The zero-order valence-corrected chi connectivity index (χ0v) is 14.9. The molecular formula is C19H13F2N5O3. The fourth-order valence-corrected chi connectivity index (χ4v) is 2.54. The SMILES string of the molecule is COc1cccc(C(=O)Nc2[nH]nc3nc(Oc4ccc(F)cc4F)ncc23)c1. The second kappa shape index (κ2) is 7.50. The minimum atomic E-state index is -0.887. The standard InChI is InChI=1S/C19H13F2N5O3/c1-28-12-4-2-3-10(7-12)18(27)23-16-13-9-22-19(24-17(13)26-25-16)29-15-6-5-11(20)8-14(15)21/h2-9H,1H3,(H2,22,23,24,25,26,27). The van der Waals surface area contributed by atoms with Crippen molar-refractivity contribution < 1.29 is 23.0 Å². The Kier molecular flexibility index (Phi) is 4.73. The number of carbonyl (C=O) groups is 1. The molecule has 29 heavy (non-hydrogen) atoms. The third-order valence-electron chi connectivity index (χ3n) is 3.96. The molecule has 4 rings (SSSR count). The maximum absolute atomic E-state index is 13.7. The van der Waals surface area contributed by atoms with Crippen molar-refractivity contribution in [3.63, 3.8) is 0 Å². The van der Waals surface area contributed by atoms with Gasteiger partial charge in [0.05, 0.1) is 12.5 Å². The fraction of sp³-hybridized carbons (Fsp3) is 0.0526. The number of fused-ring (bicyclic) bond motifs is 1. The maximum Gasteiger partial charge on any atom is 0.324 e. The topological polar surface area (TPSA) is 102 Å². The van der Waals surface area contributed by atoms with Gasteiger partial charge in [0.25, 0.3) is 5.91 Å². The third kappa shape index (κ3) is 3.81. The molecular weight excluding hydrogens is 384 g/mol. The van der Waals surface area contributed by atoms with Crippen molar-refractivity contribution >= 4 is 22.8 Å². The van der Waals surface area contributed by atoms with E-state index >= 15 is 0 Å². The number of aromatic amines is 1. The maximum atomic E-state index is 13.7. The number of anilines is 1. The molecule has 0 aliphatic carbocycles. The van der Waals surface area contributed by atoms with E-state index in [1.54, 1.807) is 24.3 Å². The molecule has 10 heteroatoms. The molecule has 2 aromatic carbocycles. The van der Waals surface area contributed by atoms with Gasteiger partial charge in [-0.15, -0.1) is 0 Å². The lowest BCUT2D eigenvalue weighted by Gasteiger charge is -2.06. The summed E-state index contributed by atoms with van der Waals surface area (Å²) >= 11 is 0. The van der Waals surface area contributed by atoms with E-state index in [9.17, 15) is 13.6 Å². The van der Waals surface area contributed by atoms with Crippen molar-refractivity contribution in [1.82, 2.24) is 20.2 Å². The predicted molar refractivity (Wildman–Crippen MR) is 99.1 cm³/mol. The van der Waals surface area contributed by atoms with Gasteiger partial charge < -0.3 is 14.8 Å². The van der Waals surface area contributed by atoms with Gasteiger partial charge in [-0.25, -0.2) is 13.8 Å². The molecule has 0 fully saturated rings. The number of methoxy groups -OCH3 is 1. The lowest BCUT2D eigenvalue weighted by molar-refractivity contribution is 0.102. The Labute approximate surface area is 162 Å². The number of benzene rings is 2. The van der Waals surface area contributed by atoms with Gasteiger partial charge in [-0.05, 0) is 30.3 Å². The molecule has 0 saturated heterocycles. The highest BCUT2D eigenvalue weighted by Gasteiger charge is 2.15. The molecule has 2 aromatic heterocycles. The van der Waals surface area contributed by atoms with Crippen LogP contribution in [0, 0.1) is 11.6 Å². The highest BCUT2D eigenvalue weighted by molar-refractivity contribution is 6.07. The second-order valence-electron chi connectivity index (χ2n) is 5.85. The lowest BCUT2D eigenvalue weighted by atomic mass is 10.2. The number of hydrogen-bond acceptors (Lipinski definition) is 6. The molecule has 0 atom stereocenters. The Bertz CT molecular complexity index is 1210. The number of H-pyrrole nitrogens is 1. The summed E-state index contributed by atoms with van der Waals surface area (Å²) in [4.78, 5) is 20.5. The summed E-state index contributed by atoms with van der Waals surface area (Å²) in [5.41, 5.74) is 0.582. The largest absolute Gasteiger partial charge is 0.497 e. The van der Waals surface area contributed by atoms with Gasteiger partial charge in [0, 0.05) is 17.8 Å². The monoisotopic (exact) mass is 397 g/mol. The number of amides is 1. The molecule has 0 saturated carbocycles. The zero-order chi connectivity index (χ0) is 20.4. The first-order chi connectivity index (χ1) is 14.0. The molecule has 0 aliphatic heterocycles. The Morgan fingerprint density at radius 1 is 1.17 bits per heavy atom. The summed E-state index contributed by atoms with van der Waals surface area (Å²) in [6.07, 6.45) is 1.36. The van der Waals surface area contributed by atoms with E-state index in [-0.39, 0.29) is 29.1 Å². The van der Waals surface area contributed by atoms with Crippen LogP contribution in [0.3, 0.4) is 0 Å². The van der Waals surface area contributed by atoms with Gasteiger partial charge in [0.1, 0.15) is 17.4 Å². The van der Waals surface area contributed by atoms with Crippen LogP contribution in [0.5, 0.6) is 17.5 Å². The number of nitrogens with zero attached hydrogens (tertiary/aromatic N) is 3. The van der Waals surface area contributed by atoms with Gasteiger partial charge in [0.15, 0.2) is 17.2 Å². The van der Waals surface area contributed by atoms with E-state index in [1.807, 2.05) is 0 Å². The minimum Gasteiger partial charge on any atom is -0.497 e. The Morgan fingerprint density at radius 2 is 2.03 bits per heavy atom. The van der Waals surface area contributed by atoms with Crippen LogP contribution in [-0.2, 0) is 0 Å². The van der Waals surface area contributed by atoms with Crippen molar-refractivity contribution in [3.05, 3.63) is 65.9 Å². The molecule has 2 heterocycles. The molecule has 146 valence electrons. The smallest absolute Gasteiger partial charge is 0.324 e. The van der Waals surface area contributed by atoms with E-state index in [4.69, 9.17) is 9.47 Å². The molecule has 2 N–H and O–H groups in total. The number of halogens is 2. The van der Waals surface area contributed by atoms with Crippen LogP contribution >= 0.6 is 0 Å². The first-order valence-electron chi connectivity index (χ1n) is 8.33. The van der Waals surface area contributed by atoms with Crippen LogP contribution in [0.4, 0.5) is 14.6 Å². The average Bonchev–Trinajstić information content (AvgIpc) is 3.12. The Hall–Kier alpha value is -4.08. The molecule has 8 nitrogen and oxygen atoms in total. The molecule has 4 aromatic rings. The first kappa shape index (κ1) is 18.3. The number of rotatable bonds is 5. The number of carbonyl (C=O) groups excluding carboxylic acids is 1. The van der Waals surface area contributed by atoms with E-state index in [1.165, 1.54) is 13.3 Å². The second-order valence-corrected chi connectivity index (χ2v) is 5.85. The van der Waals surface area contributed by atoms with E-state index in [2.05, 4.69) is 25.5 Å². The molecule has 0 radical (unpaired) electrons. The third-order valence-corrected chi connectivity index (χ3v) is 3.96. The van der Waals surface area contributed by atoms with Crippen LogP contribution < -0.4 is 14.8 Å². The highest BCUT2D eigenvalue weighted by atomic mass is 19.1. The van der Waals surface area contributed by atoms with Gasteiger partial charge in [0.2, 0.25) is 0 Å². The summed E-state index contributed by atoms with van der Waals surface area (Å²) in [6, 6.07) is 9.33. The predicted octanol–water partition coefficient (Wildman–Crippen LogP) is 3.68. The number of aromatic nitrogens is 4. The van der Waals surface area contributed by atoms with Gasteiger partial charge >= 0.3 is 6.01 Å². The van der Waals surface area contributed by atoms with Gasteiger partial charge in [-0.1, -0.05) is 6.07 Å². The van der Waals surface area contributed by atoms with Crippen molar-refractivity contribution in [2.45, 2.75) is 0 Å². The Morgan fingerprint density at radius 3 is 2.83 bits per heavy atom. The molecule has 0 spiro atoms. The number of hydrogen-bond donors (Lipinski definition) is 2. The van der Waals surface area contributed by atoms with Crippen LogP contribution in [0.15, 0.2) is 48.7 Å². The van der Waals surface area contributed by atoms with Crippen LogP contribution in [0.25, 0.3) is 11.0 Å². The molecule has 0 aliphatic rings. The van der Waals surface area contributed by atoms with E-state index in [0.29, 0.717) is 22.8 Å². The quantitative estimate of drug-likeness (QED) is 0.533. The number of ether oxygens (including phenoxy) is 2. The fourth-order valence-electron chi connectivity index (χ4n) is 2.54. The molecule has 0 unspecified atom stereocenters. The van der Waals surface area contributed by atoms with Crippen LogP contribution in [-0.4, -0.2) is 33.2 Å². The van der Waals surface area contributed by atoms with Crippen LogP contribution in [0.1, 0.15) is 10.4 Å². The van der Waals surface area contributed by atoms with Crippen molar-refractivity contribution in [2.75, 3.05) is 12.4 Å². The van der Waals surface area contributed by atoms with Crippen LogP contribution in [0.2, 0.25) is 0 Å². The van der Waals surface area contributed by atoms with Gasteiger partial charge in [-0.3, -0.25) is 9.89 Å². The zero-order valence-electron chi connectivity index (χ0n) is 14.9. The summed E-state index contributed by atoms with van der Waals surface area (Å²) in [5, 5.41) is 9.75. The summed E-state index contributed by atoms with van der Waals surface area (Å²) in [5.74, 6) is -1.40. The van der Waals surface area contributed by atoms with E-state index < -0.39 is 11.6 Å². The van der Waals surface area contributed by atoms with Gasteiger partial charge in [-0.2, -0.15) is 10.1 Å². The average molecular weight is 397 g/mol. The lowest BCUT2D eigenvalue weighted by Crippen LogP contribution is -2.12. The molecule has 1 amide bonds. The highest BCUT2D eigenvalue weighted by Crippen LogP contribution is 2.25. The van der Waals surface area contributed by atoms with Crippen molar-refractivity contribution in [1.29, 1.82) is 0 Å². The van der Waals surface area contributed by atoms with Crippen molar-refractivity contribution in [3.8, 4) is 17.5 Å². The summed E-state index contributed by atoms with van der Waals surface area (Å²) < 4.78 is 37.0. The summed E-state index contributed by atoms with van der Waals surface area (Å²) in [7, 11) is 1.51.